The molecule has 2 N–H and O–H groups in total. The zero-order valence-corrected chi connectivity index (χ0v) is 20.7. The lowest BCUT2D eigenvalue weighted by atomic mass is 10.0. The number of ether oxygens (including phenoxy) is 1. The Kier molecular flexibility index (Phi) is 10.8. The maximum Gasteiger partial charge on any atom is 0.191 e. The predicted octanol–water partition coefficient (Wildman–Crippen LogP) is 3.40. The molecule has 0 fully saturated rings. The summed E-state index contributed by atoms with van der Waals surface area (Å²) < 4.78 is 5.53. The molecule has 8 heteroatoms. The number of para-hydroxylation sites is 1. The van der Waals surface area contributed by atoms with E-state index in [0.717, 1.165) is 47.5 Å². The summed E-state index contributed by atoms with van der Waals surface area (Å²) in [6, 6.07) is 8.31. The molecule has 1 heterocycles. The van der Waals surface area contributed by atoms with Gasteiger partial charge in [0.15, 0.2) is 5.96 Å². The fourth-order valence-corrected chi connectivity index (χ4v) is 3.79. The summed E-state index contributed by atoms with van der Waals surface area (Å²) in [5.41, 5.74) is 2.28. The highest BCUT2D eigenvalue weighted by atomic mass is 127. The quantitative estimate of drug-likeness (QED) is 0.320. The van der Waals surface area contributed by atoms with E-state index in [9.17, 15) is 0 Å². The number of halogens is 1. The molecule has 1 aromatic carbocycles. The predicted molar refractivity (Wildman–Crippen MR) is 129 cm³/mol. The van der Waals surface area contributed by atoms with Gasteiger partial charge in [-0.1, -0.05) is 18.2 Å². The number of nitrogens with zero attached hydrogens (tertiary/aromatic N) is 3. The maximum atomic E-state index is 5.53. The zero-order valence-electron chi connectivity index (χ0n) is 17.6. The van der Waals surface area contributed by atoms with Crippen LogP contribution in [0.25, 0.3) is 0 Å². The minimum Gasteiger partial charge on any atom is -0.496 e. The van der Waals surface area contributed by atoms with Gasteiger partial charge in [0.05, 0.1) is 23.9 Å². The second-order valence-electron chi connectivity index (χ2n) is 6.60. The molecule has 0 saturated heterocycles. The van der Waals surface area contributed by atoms with Gasteiger partial charge in [0.1, 0.15) is 5.75 Å². The van der Waals surface area contributed by atoms with E-state index in [4.69, 9.17) is 4.74 Å². The molecule has 0 spiro atoms. The second-order valence-corrected chi connectivity index (χ2v) is 7.89. The molecule has 0 aliphatic rings. The van der Waals surface area contributed by atoms with Crippen molar-refractivity contribution in [1.29, 1.82) is 0 Å². The van der Waals surface area contributed by atoms with Gasteiger partial charge in [-0.15, -0.1) is 35.3 Å². The Morgan fingerprint density at radius 1 is 1.25 bits per heavy atom. The summed E-state index contributed by atoms with van der Waals surface area (Å²) in [6.45, 7) is 5.70. The van der Waals surface area contributed by atoms with Crippen molar-refractivity contribution < 1.29 is 4.74 Å². The molecule has 1 aromatic heterocycles. The van der Waals surface area contributed by atoms with Gasteiger partial charge in [-0.3, -0.25) is 4.99 Å². The highest BCUT2D eigenvalue weighted by molar-refractivity contribution is 14.0. The van der Waals surface area contributed by atoms with Crippen LogP contribution in [-0.2, 0) is 6.42 Å². The fourth-order valence-electron chi connectivity index (χ4n) is 2.86. The van der Waals surface area contributed by atoms with E-state index in [2.05, 4.69) is 59.5 Å². The van der Waals surface area contributed by atoms with Gasteiger partial charge in [-0.05, 0) is 34.0 Å². The number of guanidine groups is 1. The van der Waals surface area contributed by atoms with Gasteiger partial charge in [0, 0.05) is 37.0 Å². The van der Waals surface area contributed by atoms with Crippen LogP contribution in [0, 0.1) is 13.8 Å². The molecule has 2 aromatic rings. The number of benzene rings is 1. The number of nitrogens with one attached hydrogen (secondary N) is 2. The van der Waals surface area contributed by atoms with Crippen LogP contribution in [0.5, 0.6) is 5.75 Å². The van der Waals surface area contributed by atoms with Gasteiger partial charge >= 0.3 is 0 Å². The Balaban J connectivity index is 0.00000392. The van der Waals surface area contributed by atoms with E-state index in [1.54, 1.807) is 25.5 Å². The highest BCUT2D eigenvalue weighted by Crippen LogP contribution is 2.27. The molecule has 6 nitrogen and oxygen atoms in total. The Bertz CT molecular complexity index is 743. The summed E-state index contributed by atoms with van der Waals surface area (Å²) >= 11 is 1.77. The largest absolute Gasteiger partial charge is 0.496 e. The maximum absolute atomic E-state index is 5.53. The van der Waals surface area contributed by atoms with E-state index in [1.165, 1.54) is 4.88 Å². The molecule has 1 unspecified atom stereocenters. The van der Waals surface area contributed by atoms with Crippen molar-refractivity contribution >= 4 is 41.3 Å². The lowest BCUT2D eigenvalue weighted by Gasteiger charge is -2.27. The van der Waals surface area contributed by atoms with Crippen LogP contribution in [0.2, 0.25) is 0 Å². The smallest absolute Gasteiger partial charge is 0.191 e. The van der Waals surface area contributed by atoms with Crippen LogP contribution in [0.3, 0.4) is 0 Å². The van der Waals surface area contributed by atoms with Crippen molar-refractivity contribution in [2.75, 3.05) is 41.3 Å². The standard InChI is InChI=1S/C20H31N5OS.HI/c1-14-15(2)27-19(24-14)11-12-22-20(21-3)23-13-17(25(4)5)16-9-7-8-10-18(16)26-6;/h7-10,17H,11-13H2,1-6H3,(H2,21,22,23);1H. The Morgan fingerprint density at radius 3 is 2.54 bits per heavy atom. The first kappa shape index (κ1) is 24.6. The van der Waals surface area contributed by atoms with Crippen LogP contribution >= 0.6 is 35.3 Å². The summed E-state index contributed by atoms with van der Waals surface area (Å²) in [7, 11) is 7.65. The van der Waals surface area contributed by atoms with Gasteiger partial charge in [-0.2, -0.15) is 0 Å². The van der Waals surface area contributed by atoms with Crippen LogP contribution in [0.4, 0.5) is 0 Å². The van der Waals surface area contributed by atoms with Crippen molar-refractivity contribution in [3.63, 3.8) is 0 Å². The van der Waals surface area contributed by atoms with Crippen LogP contribution in [0.15, 0.2) is 29.3 Å². The molecule has 0 radical (unpaired) electrons. The SMILES string of the molecule is CN=C(NCCc1nc(C)c(C)s1)NCC(c1ccccc1OC)N(C)C.I. The molecular formula is C20H32IN5OS. The van der Waals surface area contributed by atoms with E-state index in [0.29, 0.717) is 0 Å². The number of hydrogen-bond acceptors (Lipinski definition) is 5. The number of likely N-dealkylation sites (N-methyl/N-ethyl adjacent to an activating group) is 1. The zero-order chi connectivity index (χ0) is 19.8. The fraction of sp³-hybridized carbons (Fsp3) is 0.500. The number of aryl methyl sites for hydroxylation is 2. The number of methoxy groups -OCH3 is 1. The lowest BCUT2D eigenvalue weighted by Crippen LogP contribution is -2.42. The Hall–Kier alpha value is -1.39. The Morgan fingerprint density at radius 2 is 1.96 bits per heavy atom. The van der Waals surface area contributed by atoms with Crippen molar-refractivity contribution in [3.05, 3.63) is 45.4 Å². The lowest BCUT2D eigenvalue weighted by molar-refractivity contribution is 0.288. The summed E-state index contributed by atoms with van der Waals surface area (Å²) in [6.07, 6.45) is 0.893. The molecule has 0 saturated carbocycles. The van der Waals surface area contributed by atoms with Gasteiger partial charge in [0.25, 0.3) is 0 Å². The number of aliphatic imine (C=N–C) groups is 1. The average molecular weight is 517 g/mol. The van der Waals surface area contributed by atoms with Crippen molar-refractivity contribution in [2.45, 2.75) is 26.3 Å². The molecule has 0 bridgehead atoms. The van der Waals surface area contributed by atoms with Gasteiger partial charge in [-0.25, -0.2) is 4.98 Å². The first-order valence-electron chi connectivity index (χ1n) is 9.13. The third-order valence-corrected chi connectivity index (χ3v) is 5.64. The minimum atomic E-state index is 0. The van der Waals surface area contributed by atoms with Crippen LogP contribution < -0.4 is 15.4 Å². The van der Waals surface area contributed by atoms with Gasteiger partial charge < -0.3 is 20.3 Å². The normalized spacial score (nSPS) is 12.5. The third kappa shape index (κ3) is 6.89. The summed E-state index contributed by atoms with van der Waals surface area (Å²) in [4.78, 5) is 12.4. The first-order valence-corrected chi connectivity index (χ1v) is 9.94. The molecule has 156 valence electrons. The molecule has 0 aliphatic carbocycles. The third-order valence-electron chi connectivity index (χ3n) is 4.51. The average Bonchev–Trinajstić information content (AvgIpc) is 2.98. The summed E-state index contributed by atoms with van der Waals surface area (Å²) in [5.74, 6) is 1.69. The molecular weight excluding hydrogens is 485 g/mol. The minimum absolute atomic E-state index is 0. The molecule has 1 atom stereocenters. The number of aromatic nitrogens is 1. The topological polar surface area (TPSA) is 61.8 Å². The number of hydrogen-bond donors (Lipinski definition) is 2. The van der Waals surface area contributed by atoms with E-state index >= 15 is 0 Å². The second kappa shape index (κ2) is 12.2. The number of thiazole rings is 1. The number of rotatable bonds is 8. The molecule has 28 heavy (non-hydrogen) atoms. The molecule has 0 amide bonds. The van der Waals surface area contributed by atoms with Crippen LogP contribution in [-0.4, -0.2) is 57.2 Å². The van der Waals surface area contributed by atoms with Crippen LogP contribution in [0.1, 0.15) is 27.2 Å². The van der Waals surface area contributed by atoms with E-state index in [-0.39, 0.29) is 30.0 Å². The van der Waals surface area contributed by atoms with Gasteiger partial charge in [0.2, 0.25) is 0 Å². The first-order chi connectivity index (χ1) is 13.0. The molecule has 2 rings (SSSR count). The van der Waals surface area contributed by atoms with Crippen molar-refractivity contribution in [2.24, 2.45) is 4.99 Å². The monoisotopic (exact) mass is 517 g/mol. The van der Waals surface area contributed by atoms with Crippen molar-refractivity contribution in [1.82, 2.24) is 20.5 Å². The summed E-state index contributed by atoms with van der Waals surface area (Å²) in [5, 5.41) is 7.97. The highest BCUT2D eigenvalue weighted by Gasteiger charge is 2.18. The van der Waals surface area contributed by atoms with E-state index in [1.807, 2.05) is 18.2 Å². The van der Waals surface area contributed by atoms with Crippen molar-refractivity contribution in [3.8, 4) is 5.75 Å². The Labute approximate surface area is 189 Å². The van der Waals surface area contributed by atoms with E-state index < -0.39 is 0 Å². The molecule has 0 aliphatic heterocycles.